The molecule has 0 spiro atoms. The van der Waals surface area contributed by atoms with Crippen LogP contribution >= 0.6 is 30.3 Å². The van der Waals surface area contributed by atoms with E-state index in [1.165, 1.54) is 11.8 Å². The number of nitrogens with zero attached hydrogens (tertiary/aromatic N) is 3. The van der Waals surface area contributed by atoms with Crippen LogP contribution in [0.3, 0.4) is 0 Å². The molecule has 3 aromatic rings. The Balaban J connectivity index is 0.00000141. The van der Waals surface area contributed by atoms with E-state index in [0.29, 0.717) is 18.0 Å². The van der Waals surface area contributed by atoms with Crippen molar-refractivity contribution in [3.8, 4) is 17.0 Å². The maximum Gasteiger partial charge on any atom is 0.147 e. The van der Waals surface area contributed by atoms with Gasteiger partial charge in [-0.3, -0.25) is 0 Å². The van der Waals surface area contributed by atoms with E-state index < -0.39 is 5.54 Å². The topological polar surface area (TPSA) is 30.3 Å². The summed E-state index contributed by atoms with van der Waals surface area (Å²) in [6.45, 7) is 11.1. The number of aromatic nitrogens is 2. The van der Waals surface area contributed by atoms with Crippen LogP contribution in [0, 0.1) is 5.82 Å². The molecule has 1 aromatic heterocycles. The summed E-state index contributed by atoms with van der Waals surface area (Å²) >= 11 is 2.26. The van der Waals surface area contributed by atoms with Crippen molar-refractivity contribution in [3.63, 3.8) is 0 Å². The Bertz CT molecular complexity index is 1070. The Hall–Kier alpha value is -1.74. The van der Waals surface area contributed by atoms with Crippen molar-refractivity contribution in [3.05, 3.63) is 65.1 Å². The maximum atomic E-state index is 15.4. The molecule has 0 aliphatic carbocycles. The second-order valence-electron chi connectivity index (χ2n) is 7.97. The average Bonchev–Trinajstić information content (AvgIpc) is 3.18. The third-order valence-corrected chi connectivity index (χ3v) is 7.34. The van der Waals surface area contributed by atoms with Crippen LogP contribution in [-0.2, 0) is 18.5 Å². The van der Waals surface area contributed by atoms with E-state index in [1.54, 1.807) is 22.3 Å². The quantitative estimate of drug-likeness (QED) is 0.285. The highest BCUT2D eigenvalue weighted by Gasteiger charge is 2.44. The van der Waals surface area contributed by atoms with Crippen LogP contribution in [-0.4, -0.2) is 16.3 Å². The second-order valence-corrected chi connectivity index (χ2v) is 9.63. The van der Waals surface area contributed by atoms with Crippen LogP contribution in [0.25, 0.3) is 11.3 Å². The van der Waals surface area contributed by atoms with Gasteiger partial charge in [0.2, 0.25) is 0 Å². The molecule has 0 radical (unpaired) electrons. The van der Waals surface area contributed by atoms with Gasteiger partial charge in [0.1, 0.15) is 17.3 Å². The van der Waals surface area contributed by atoms with Gasteiger partial charge in [0, 0.05) is 42.4 Å². The fourth-order valence-corrected chi connectivity index (χ4v) is 5.79. The Morgan fingerprint density at radius 1 is 1.12 bits per heavy atom. The van der Waals surface area contributed by atoms with Gasteiger partial charge in [-0.05, 0) is 38.0 Å². The highest BCUT2D eigenvalue weighted by atomic mass is 127. The smallest absolute Gasteiger partial charge is 0.147 e. The zero-order valence-corrected chi connectivity index (χ0v) is 22.6. The van der Waals surface area contributed by atoms with Gasteiger partial charge in [-0.2, -0.15) is 9.19 Å². The molecule has 0 atom stereocenters. The van der Waals surface area contributed by atoms with E-state index in [1.807, 2.05) is 36.1 Å². The van der Waals surface area contributed by atoms with Gasteiger partial charge >= 0.3 is 0 Å². The summed E-state index contributed by atoms with van der Waals surface area (Å²) in [6.07, 6.45) is 1.92. The largest absolute Gasteiger partial charge is 0.496 e. The molecule has 1 aliphatic rings. The molecule has 0 unspecified atom stereocenters. The first-order chi connectivity index (χ1) is 15.4. The van der Waals surface area contributed by atoms with Crippen molar-refractivity contribution in [1.82, 2.24) is 9.19 Å². The minimum Gasteiger partial charge on any atom is -0.496 e. The standard InChI is InChI=1S/C23H25FIN3OS.C2H6/c1-5-9-17-20-21(26-28(17)30-25)19-18(29-4)13-12-16(24)22(19)27(23(20,2)3)14-15-10-7-6-8-11-15;1-2/h6-8,10-13H,5,9,14H2,1-4H3;1-2H3. The van der Waals surface area contributed by atoms with Crippen molar-refractivity contribution in [2.45, 2.75) is 59.5 Å². The van der Waals surface area contributed by atoms with Crippen molar-refractivity contribution in [2.75, 3.05) is 12.0 Å². The van der Waals surface area contributed by atoms with Gasteiger partial charge < -0.3 is 9.64 Å². The van der Waals surface area contributed by atoms with Crippen LogP contribution in [0.4, 0.5) is 10.1 Å². The molecule has 7 heteroatoms. The van der Waals surface area contributed by atoms with Gasteiger partial charge in [0.05, 0.1) is 29.6 Å². The van der Waals surface area contributed by atoms with Crippen LogP contribution < -0.4 is 9.64 Å². The average molecular weight is 568 g/mol. The summed E-state index contributed by atoms with van der Waals surface area (Å²) in [7, 11) is 3.18. The van der Waals surface area contributed by atoms with Gasteiger partial charge in [-0.25, -0.2) is 4.39 Å². The van der Waals surface area contributed by atoms with E-state index in [2.05, 4.69) is 59.0 Å². The number of hydrogen-bond acceptors (Lipinski definition) is 4. The number of fused-ring (bicyclic) bond motifs is 3. The molecule has 0 bridgehead atoms. The van der Waals surface area contributed by atoms with Crippen LogP contribution in [0.1, 0.15) is 57.9 Å². The highest BCUT2D eigenvalue weighted by molar-refractivity contribution is 14.2. The first kappa shape index (κ1) is 24.9. The molecule has 0 fully saturated rings. The van der Waals surface area contributed by atoms with E-state index in [0.717, 1.165) is 35.2 Å². The minimum absolute atomic E-state index is 0.255. The molecule has 0 amide bonds. The van der Waals surface area contributed by atoms with Crippen molar-refractivity contribution in [1.29, 1.82) is 0 Å². The Morgan fingerprint density at radius 3 is 2.41 bits per heavy atom. The number of methoxy groups -OCH3 is 1. The Morgan fingerprint density at radius 2 is 1.81 bits per heavy atom. The molecule has 172 valence electrons. The van der Waals surface area contributed by atoms with Crippen LogP contribution in [0.5, 0.6) is 5.75 Å². The van der Waals surface area contributed by atoms with Gasteiger partial charge in [-0.15, -0.1) is 0 Å². The van der Waals surface area contributed by atoms with Crippen molar-refractivity contribution < 1.29 is 9.13 Å². The molecule has 0 N–H and O–H groups in total. The zero-order chi connectivity index (χ0) is 23.5. The third-order valence-electron chi connectivity index (χ3n) is 5.79. The number of halogens is 2. The number of benzene rings is 2. The van der Waals surface area contributed by atoms with Gasteiger partial charge in [0.15, 0.2) is 0 Å². The van der Waals surface area contributed by atoms with Gasteiger partial charge in [0.25, 0.3) is 0 Å². The van der Waals surface area contributed by atoms with E-state index >= 15 is 4.39 Å². The molecule has 2 aromatic carbocycles. The van der Waals surface area contributed by atoms with E-state index in [9.17, 15) is 0 Å². The minimum atomic E-state index is -0.444. The summed E-state index contributed by atoms with van der Waals surface area (Å²) < 4.78 is 23.0. The maximum absolute atomic E-state index is 15.4. The number of ether oxygens (including phenoxy) is 1. The summed E-state index contributed by atoms with van der Waals surface area (Å²) in [5.74, 6) is 0.390. The van der Waals surface area contributed by atoms with Crippen LogP contribution in [0.15, 0.2) is 42.5 Å². The predicted molar refractivity (Wildman–Crippen MR) is 142 cm³/mol. The lowest BCUT2D eigenvalue weighted by Gasteiger charge is -2.45. The number of hydrogen-bond donors (Lipinski definition) is 0. The van der Waals surface area contributed by atoms with E-state index in [-0.39, 0.29) is 5.82 Å². The van der Waals surface area contributed by atoms with Gasteiger partial charge in [-0.1, -0.05) is 57.5 Å². The fraction of sp³-hybridized carbons (Fsp3) is 0.400. The lowest BCUT2D eigenvalue weighted by atomic mass is 9.81. The highest BCUT2D eigenvalue weighted by Crippen LogP contribution is 2.54. The molecule has 1 aliphatic heterocycles. The molecule has 32 heavy (non-hydrogen) atoms. The lowest BCUT2D eigenvalue weighted by molar-refractivity contribution is 0.410. The SMILES string of the molecule is CC.CCCc1c2c(nn1SI)-c1c(OC)ccc(F)c1N(Cc1ccccc1)C2(C)C. The summed E-state index contributed by atoms with van der Waals surface area (Å²) in [4.78, 5) is 2.17. The molecule has 4 rings (SSSR count). The first-order valence-corrected chi connectivity index (χ1v) is 14.4. The molecule has 0 saturated heterocycles. The summed E-state index contributed by atoms with van der Waals surface area (Å²) in [5, 5.41) is 4.91. The van der Waals surface area contributed by atoms with E-state index in [4.69, 9.17) is 9.84 Å². The number of rotatable bonds is 6. The van der Waals surface area contributed by atoms with Crippen molar-refractivity contribution in [2.24, 2.45) is 0 Å². The Kier molecular flexibility index (Phi) is 8.14. The number of anilines is 1. The normalized spacial score (nSPS) is 13.7. The summed E-state index contributed by atoms with van der Waals surface area (Å²) in [5.41, 5.74) is 5.15. The second kappa shape index (κ2) is 10.5. The molecular formula is C25H31FIN3OS. The predicted octanol–water partition coefficient (Wildman–Crippen LogP) is 7.78. The first-order valence-electron chi connectivity index (χ1n) is 11.0. The molecular weight excluding hydrogens is 536 g/mol. The molecule has 0 saturated carbocycles. The molecule has 4 nitrogen and oxygen atoms in total. The van der Waals surface area contributed by atoms with Crippen LogP contribution in [0.2, 0.25) is 0 Å². The third kappa shape index (κ3) is 4.25. The zero-order valence-electron chi connectivity index (χ0n) is 19.6. The monoisotopic (exact) mass is 567 g/mol. The van der Waals surface area contributed by atoms with Crippen molar-refractivity contribution >= 4 is 36.0 Å². The molecule has 2 heterocycles. The Labute approximate surface area is 207 Å². The summed E-state index contributed by atoms with van der Waals surface area (Å²) in [6, 6.07) is 13.4. The lowest BCUT2D eigenvalue weighted by Crippen LogP contribution is -2.45. The fourth-order valence-electron chi connectivity index (χ4n) is 4.43.